The van der Waals surface area contributed by atoms with Gasteiger partial charge in [0.25, 0.3) is 0 Å². The molecule has 0 amide bonds. The van der Waals surface area contributed by atoms with E-state index in [0.717, 1.165) is 33.8 Å². The first-order chi connectivity index (χ1) is 14.5. The molecule has 0 unspecified atom stereocenters. The Labute approximate surface area is 178 Å². The van der Waals surface area contributed by atoms with Crippen molar-refractivity contribution in [2.75, 3.05) is 18.7 Å². The summed E-state index contributed by atoms with van der Waals surface area (Å²) in [6, 6.07) is 24.5. The largest absolute Gasteiger partial charge is 0.497 e. The van der Waals surface area contributed by atoms with Crippen molar-refractivity contribution in [2.24, 2.45) is 17.3 Å². The van der Waals surface area contributed by atoms with Crippen LogP contribution in [0.3, 0.4) is 0 Å². The zero-order valence-corrected chi connectivity index (χ0v) is 17.6. The van der Waals surface area contributed by atoms with E-state index < -0.39 is 0 Å². The van der Waals surface area contributed by atoms with E-state index in [1.165, 1.54) is 5.56 Å². The number of ether oxygens (including phenoxy) is 1. The first kappa shape index (κ1) is 21.4. The molecule has 0 saturated carbocycles. The maximum Gasteiger partial charge on any atom is 0.118 e. The molecule has 156 valence electrons. The molecule has 30 heavy (non-hydrogen) atoms. The van der Waals surface area contributed by atoms with E-state index in [9.17, 15) is 0 Å². The van der Waals surface area contributed by atoms with Crippen LogP contribution in [0.4, 0.5) is 5.69 Å². The monoisotopic (exact) mass is 402 g/mol. The van der Waals surface area contributed by atoms with E-state index in [1.807, 2.05) is 36.4 Å². The molecule has 3 rings (SSSR count). The van der Waals surface area contributed by atoms with Gasteiger partial charge >= 0.3 is 0 Å². The van der Waals surface area contributed by atoms with Crippen molar-refractivity contribution in [3.63, 3.8) is 0 Å². The minimum absolute atomic E-state index is 0.480. The van der Waals surface area contributed by atoms with Gasteiger partial charge in [0.05, 0.1) is 18.5 Å². The van der Waals surface area contributed by atoms with Gasteiger partial charge in [-0.3, -0.25) is 5.01 Å². The lowest BCUT2D eigenvalue weighted by atomic mass is 10.0. The summed E-state index contributed by atoms with van der Waals surface area (Å²) in [4.78, 5) is 0. The molecule has 0 aliphatic rings. The molecule has 0 aromatic heterocycles. The first-order valence-corrected chi connectivity index (χ1v) is 10.0. The number of allylic oxidation sites excluding steroid dienone is 1. The smallest absolute Gasteiger partial charge is 0.118 e. The minimum atomic E-state index is 0.480. The lowest BCUT2D eigenvalue weighted by Gasteiger charge is -2.25. The lowest BCUT2D eigenvalue weighted by Crippen LogP contribution is -2.34. The molecule has 0 atom stereocenters. The molecule has 3 aromatic rings. The summed E-state index contributed by atoms with van der Waals surface area (Å²) >= 11 is 0. The van der Waals surface area contributed by atoms with Crippen molar-refractivity contribution in [2.45, 2.75) is 19.8 Å². The normalized spacial score (nSPS) is 11.7. The Morgan fingerprint density at radius 2 is 1.43 bits per heavy atom. The molecule has 0 aliphatic heterocycles. The van der Waals surface area contributed by atoms with Crippen LogP contribution < -0.4 is 27.1 Å². The molecule has 3 aromatic carbocycles. The van der Waals surface area contributed by atoms with Crippen LogP contribution in [0, 0.1) is 6.92 Å². The Balaban J connectivity index is 1.83. The van der Waals surface area contributed by atoms with E-state index in [0.29, 0.717) is 25.1 Å². The second-order valence-electron chi connectivity index (χ2n) is 7.32. The fraction of sp³-hybridized carbons (Fsp3) is 0.200. The standard InChI is InChI=1S/C25H30N4O/c1-18-3-11-22(12-4-18)29(28)25(24(27)15-16-26)17-19-5-7-20(8-6-19)21-9-13-23(30-2)14-10-21/h3-14H,15-17,26-28H2,1-2H3/b25-24-. The van der Waals surface area contributed by atoms with Crippen molar-refractivity contribution in [1.82, 2.24) is 0 Å². The van der Waals surface area contributed by atoms with Crippen LogP contribution in [0.5, 0.6) is 5.75 Å². The van der Waals surface area contributed by atoms with Crippen LogP contribution in [-0.2, 0) is 6.42 Å². The maximum atomic E-state index is 6.46. The topological polar surface area (TPSA) is 90.5 Å². The summed E-state index contributed by atoms with van der Waals surface area (Å²) in [5, 5.41) is 1.67. The summed E-state index contributed by atoms with van der Waals surface area (Å²) < 4.78 is 5.23. The Morgan fingerprint density at radius 3 is 1.97 bits per heavy atom. The third-order valence-electron chi connectivity index (χ3n) is 5.14. The van der Waals surface area contributed by atoms with Crippen molar-refractivity contribution in [3.8, 4) is 16.9 Å². The second kappa shape index (κ2) is 9.96. The Kier molecular flexibility index (Phi) is 7.12. The minimum Gasteiger partial charge on any atom is -0.497 e. The van der Waals surface area contributed by atoms with Crippen molar-refractivity contribution >= 4 is 5.69 Å². The fourth-order valence-electron chi connectivity index (χ4n) is 3.31. The molecular weight excluding hydrogens is 372 g/mol. The molecule has 0 radical (unpaired) electrons. The van der Waals surface area contributed by atoms with Crippen LogP contribution in [0.1, 0.15) is 17.5 Å². The number of nitrogens with zero attached hydrogens (tertiary/aromatic N) is 1. The van der Waals surface area contributed by atoms with Gasteiger partial charge in [0.15, 0.2) is 0 Å². The Bertz CT molecular complexity index is 977. The Hall–Kier alpha value is -3.28. The van der Waals surface area contributed by atoms with Gasteiger partial charge in [0.1, 0.15) is 5.75 Å². The summed E-state index contributed by atoms with van der Waals surface area (Å²) in [5.41, 5.74) is 19.2. The maximum absolute atomic E-state index is 6.46. The Morgan fingerprint density at radius 1 is 0.867 bits per heavy atom. The van der Waals surface area contributed by atoms with E-state index in [-0.39, 0.29) is 0 Å². The van der Waals surface area contributed by atoms with Crippen LogP contribution in [-0.4, -0.2) is 13.7 Å². The van der Waals surface area contributed by atoms with Gasteiger partial charge in [-0.05, 0) is 54.4 Å². The highest BCUT2D eigenvalue weighted by molar-refractivity contribution is 5.64. The predicted molar refractivity (Wildman–Crippen MR) is 125 cm³/mol. The average Bonchev–Trinajstić information content (AvgIpc) is 2.78. The number of hydrogen-bond acceptors (Lipinski definition) is 5. The third kappa shape index (κ3) is 5.20. The molecule has 0 saturated heterocycles. The molecular formula is C25H30N4O. The molecule has 5 heteroatoms. The highest BCUT2D eigenvalue weighted by Gasteiger charge is 2.13. The SMILES string of the molecule is COc1ccc(-c2ccc(C/C(=C(/N)CCN)N(N)c3ccc(C)cc3)cc2)cc1. The quantitative estimate of drug-likeness (QED) is 0.390. The number of anilines is 1. The number of hydrogen-bond donors (Lipinski definition) is 3. The highest BCUT2D eigenvalue weighted by atomic mass is 16.5. The summed E-state index contributed by atoms with van der Waals surface area (Å²) in [7, 11) is 1.67. The average molecular weight is 403 g/mol. The van der Waals surface area contributed by atoms with E-state index in [4.69, 9.17) is 22.0 Å². The van der Waals surface area contributed by atoms with Gasteiger partial charge in [-0.2, -0.15) is 0 Å². The van der Waals surface area contributed by atoms with Crippen LogP contribution in [0.2, 0.25) is 0 Å². The predicted octanol–water partition coefficient (Wildman–Crippen LogP) is 4.11. The zero-order chi connectivity index (χ0) is 21.5. The molecule has 0 heterocycles. The first-order valence-electron chi connectivity index (χ1n) is 10.0. The van der Waals surface area contributed by atoms with Gasteiger partial charge in [-0.1, -0.05) is 54.1 Å². The van der Waals surface area contributed by atoms with Crippen LogP contribution >= 0.6 is 0 Å². The van der Waals surface area contributed by atoms with Gasteiger partial charge < -0.3 is 16.2 Å². The number of hydrazine groups is 1. The summed E-state index contributed by atoms with van der Waals surface area (Å²) in [6.45, 7) is 2.53. The molecule has 0 spiro atoms. The number of nitrogens with two attached hydrogens (primary N) is 3. The molecule has 0 bridgehead atoms. The van der Waals surface area contributed by atoms with Gasteiger partial charge in [-0.15, -0.1) is 0 Å². The fourth-order valence-corrected chi connectivity index (χ4v) is 3.31. The zero-order valence-electron chi connectivity index (χ0n) is 17.6. The van der Waals surface area contributed by atoms with Gasteiger partial charge in [0.2, 0.25) is 0 Å². The van der Waals surface area contributed by atoms with Gasteiger partial charge in [-0.25, -0.2) is 5.84 Å². The molecule has 0 fully saturated rings. The van der Waals surface area contributed by atoms with E-state index in [1.54, 1.807) is 12.1 Å². The van der Waals surface area contributed by atoms with Crippen molar-refractivity contribution in [3.05, 3.63) is 95.3 Å². The van der Waals surface area contributed by atoms with Crippen molar-refractivity contribution < 1.29 is 4.74 Å². The summed E-state index contributed by atoms with van der Waals surface area (Å²) in [5.74, 6) is 7.31. The van der Waals surface area contributed by atoms with Crippen LogP contribution in [0.25, 0.3) is 11.1 Å². The number of aryl methyl sites for hydroxylation is 1. The van der Waals surface area contributed by atoms with E-state index >= 15 is 0 Å². The molecule has 5 nitrogen and oxygen atoms in total. The number of rotatable bonds is 8. The van der Waals surface area contributed by atoms with E-state index in [2.05, 4.69) is 43.3 Å². The lowest BCUT2D eigenvalue weighted by molar-refractivity contribution is 0.415. The third-order valence-corrected chi connectivity index (χ3v) is 5.14. The highest BCUT2D eigenvalue weighted by Crippen LogP contribution is 2.25. The molecule has 6 N–H and O–H groups in total. The van der Waals surface area contributed by atoms with Crippen LogP contribution in [0.15, 0.2) is 84.2 Å². The van der Waals surface area contributed by atoms with Gasteiger partial charge in [0, 0.05) is 18.5 Å². The van der Waals surface area contributed by atoms with Crippen molar-refractivity contribution in [1.29, 1.82) is 0 Å². The second-order valence-corrected chi connectivity index (χ2v) is 7.32. The number of benzene rings is 3. The number of methoxy groups -OCH3 is 1. The molecule has 0 aliphatic carbocycles. The summed E-state index contributed by atoms with van der Waals surface area (Å²) in [6.07, 6.45) is 1.22.